The quantitative estimate of drug-likeness (QED) is 0.808. The van der Waals surface area contributed by atoms with E-state index in [1.165, 1.54) is 6.33 Å². The Morgan fingerprint density at radius 2 is 2.00 bits per heavy atom. The van der Waals surface area contributed by atoms with Crippen molar-refractivity contribution in [3.63, 3.8) is 0 Å². The summed E-state index contributed by atoms with van der Waals surface area (Å²) >= 11 is 0. The van der Waals surface area contributed by atoms with Gasteiger partial charge in [0, 0.05) is 42.3 Å². The zero-order chi connectivity index (χ0) is 14.8. The molecule has 0 saturated carbocycles. The van der Waals surface area contributed by atoms with Gasteiger partial charge in [0.25, 0.3) is 0 Å². The van der Waals surface area contributed by atoms with Gasteiger partial charge in [-0.15, -0.1) is 0 Å². The van der Waals surface area contributed by atoms with Gasteiger partial charge in [-0.2, -0.15) is 0 Å². The molecule has 21 heavy (non-hydrogen) atoms. The van der Waals surface area contributed by atoms with Crippen LogP contribution in [0.1, 0.15) is 22.8 Å². The highest BCUT2D eigenvalue weighted by atomic mass is 16.1. The summed E-state index contributed by atoms with van der Waals surface area (Å²) in [6.07, 6.45) is 7.19. The lowest BCUT2D eigenvalue weighted by molar-refractivity contribution is 0.101. The summed E-state index contributed by atoms with van der Waals surface area (Å²) in [5.41, 5.74) is 3.87. The molecule has 0 aliphatic carbocycles. The summed E-state index contributed by atoms with van der Waals surface area (Å²) in [5, 5.41) is 4.12. The fourth-order valence-electron chi connectivity index (χ4n) is 2.40. The van der Waals surface area contributed by atoms with E-state index in [1.807, 2.05) is 48.7 Å². The molecule has 3 rings (SSSR count). The Balaban J connectivity index is 1.86. The minimum atomic E-state index is 0.0725. The van der Waals surface area contributed by atoms with Crippen LogP contribution in [0.3, 0.4) is 0 Å². The predicted molar refractivity (Wildman–Crippen MR) is 81.6 cm³/mol. The number of hydrogen-bond donors (Lipinski definition) is 0. The average Bonchev–Trinajstić information content (AvgIpc) is 2.90. The van der Waals surface area contributed by atoms with Crippen molar-refractivity contribution in [2.24, 2.45) is 0 Å². The van der Waals surface area contributed by atoms with Gasteiger partial charge in [0.15, 0.2) is 5.78 Å². The van der Waals surface area contributed by atoms with E-state index < -0.39 is 0 Å². The number of aromatic nitrogens is 2. The number of carbonyl (C=O) groups excluding carboxylic acids is 1. The predicted octanol–water partition coefficient (Wildman–Crippen LogP) is 2.39. The van der Waals surface area contributed by atoms with Crippen LogP contribution in [0.15, 0.2) is 49.2 Å². The summed E-state index contributed by atoms with van der Waals surface area (Å²) in [5.74, 6) is 0.0725. The van der Waals surface area contributed by atoms with Crippen LogP contribution in [0.5, 0.6) is 0 Å². The summed E-state index contributed by atoms with van der Waals surface area (Å²) < 4.78 is 0. The van der Waals surface area contributed by atoms with Crippen molar-refractivity contribution in [1.82, 2.24) is 15.0 Å². The maximum absolute atomic E-state index is 11.5. The van der Waals surface area contributed by atoms with E-state index in [0.717, 1.165) is 28.9 Å². The number of Topliss-reactive ketones (excluding diaryl/α,β-unsaturated/α-hetero) is 1. The summed E-state index contributed by atoms with van der Waals surface area (Å²) in [6, 6.07) is 7.66. The summed E-state index contributed by atoms with van der Waals surface area (Å²) in [4.78, 5) is 19.6. The van der Waals surface area contributed by atoms with Crippen LogP contribution >= 0.6 is 0 Å². The van der Waals surface area contributed by atoms with E-state index in [0.29, 0.717) is 0 Å². The average molecular weight is 280 g/mol. The number of nitrogens with zero attached hydrogens (tertiary/aromatic N) is 4. The van der Waals surface area contributed by atoms with E-state index in [9.17, 15) is 4.79 Å². The van der Waals surface area contributed by atoms with Gasteiger partial charge >= 0.3 is 0 Å². The van der Waals surface area contributed by atoms with Crippen molar-refractivity contribution >= 4 is 17.0 Å². The summed E-state index contributed by atoms with van der Waals surface area (Å²) in [6.45, 7) is 2.31. The molecule has 1 aliphatic heterocycles. The molecule has 0 unspecified atom stereocenters. The van der Waals surface area contributed by atoms with Crippen LogP contribution in [0, 0.1) is 0 Å². The van der Waals surface area contributed by atoms with Crippen molar-refractivity contribution < 1.29 is 4.79 Å². The van der Waals surface area contributed by atoms with Crippen LogP contribution in [0.25, 0.3) is 5.57 Å². The van der Waals surface area contributed by atoms with Crippen molar-refractivity contribution in [2.75, 3.05) is 18.6 Å². The van der Waals surface area contributed by atoms with Gasteiger partial charge in [0.2, 0.25) is 0 Å². The number of rotatable bonds is 3. The fourth-order valence-corrected chi connectivity index (χ4v) is 2.40. The SMILES string of the molecule is CC(=O)c1cccc(N2CC(c3cncnc3)=CN2C)c1. The molecule has 106 valence electrons. The largest absolute Gasteiger partial charge is 0.295 e. The fraction of sp³-hybridized carbons (Fsp3) is 0.188. The van der Waals surface area contributed by atoms with Gasteiger partial charge in [-0.05, 0) is 19.1 Å². The molecule has 0 bridgehead atoms. The molecule has 0 atom stereocenters. The van der Waals surface area contributed by atoms with E-state index in [-0.39, 0.29) is 5.78 Å². The highest BCUT2D eigenvalue weighted by Gasteiger charge is 2.21. The van der Waals surface area contributed by atoms with Gasteiger partial charge in [-0.25, -0.2) is 9.97 Å². The van der Waals surface area contributed by atoms with Crippen molar-refractivity contribution in [2.45, 2.75) is 6.92 Å². The standard InChI is InChI=1S/C16H16N4O/c1-12(21)13-4-3-5-16(6-13)20-10-15(9-19(20)2)14-7-17-11-18-8-14/h3-9,11H,10H2,1-2H3. The molecule has 0 radical (unpaired) electrons. The zero-order valence-electron chi connectivity index (χ0n) is 12.0. The number of benzene rings is 1. The third kappa shape index (κ3) is 2.63. The number of carbonyl (C=O) groups is 1. The first-order valence-electron chi connectivity index (χ1n) is 6.72. The Morgan fingerprint density at radius 1 is 1.24 bits per heavy atom. The van der Waals surface area contributed by atoms with E-state index in [1.54, 1.807) is 6.92 Å². The Labute approximate surface area is 123 Å². The number of hydrazine groups is 1. The lowest BCUT2D eigenvalue weighted by atomic mass is 10.1. The van der Waals surface area contributed by atoms with Gasteiger partial charge in [-0.3, -0.25) is 14.8 Å². The number of anilines is 1. The van der Waals surface area contributed by atoms with Crippen LogP contribution in [-0.4, -0.2) is 34.4 Å². The molecule has 0 spiro atoms. The molecule has 0 saturated heterocycles. The zero-order valence-corrected chi connectivity index (χ0v) is 12.0. The van der Waals surface area contributed by atoms with E-state index in [2.05, 4.69) is 21.2 Å². The van der Waals surface area contributed by atoms with Crippen molar-refractivity contribution in [3.8, 4) is 0 Å². The molecular weight excluding hydrogens is 264 g/mol. The monoisotopic (exact) mass is 280 g/mol. The molecule has 2 heterocycles. The first-order valence-corrected chi connectivity index (χ1v) is 6.72. The molecule has 2 aromatic rings. The maximum Gasteiger partial charge on any atom is 0.159 e. The van der Waals surface area contributed by atoms with E-state index in [4.69, 9.17) is 0 Å². The molecule has 0 amide bonds. The van der Waals surface area contributed by atoms with Crippen molar-refractivity contribution in [1.29, 1.82) is 0 Å². The van der Waals surface area contributed by atoms with Gasteiger partial charge < -0.3 is 0 Å². The Hall–Kier alpha value is -2.69. The Bertz CT molecular complexity index is 696. The molecule has 0 fully saturated rings. The molecule has 0 N–H and O–H groups in total. The second kappa shape index (κ2) is 5.36. The van der Waals surface area contributed by atoms with Crippen LogP contribution in [-0.2, 0) is 0 Å². The smallest absolute Gasteiger partial charge is 0.159 e. The van der Waals surface area contributed by atoms with Crippen LogP contribution in [0.2, 0.25) is 0 Å². The lowest BCUT2D eigenvalue weighted by Gasteiger charge is -2.27. The van der Waals surface area contributed by atoms with Crippen LogP contribution < -0.4 is 5.01 Å². The second-order valence-corrected chi connectivity index (χ2v) is 5.02. The molecule has 1 aromatic carbocycles. The molecule has 1 aliphatic rings. The van der Waals surface area contributed by atoms with Gasteiger partial charge in [0.1, 0.15) is 6.33 Å². The first kappa shape index (κ1) is 13.3. The minimum Gasteiger partial charge on any atom is -0.295 e. The summed E-state index contributed by atoms with van der Waals surface area (Å²) in [7, 11) is 1.98. The second-order valence-electron chi connectivity index (χ2n) is 5.02. The molecule has 5 heteroatoms. The van der Waals surface area contributed by atoms with Crippen molar-refractivity contribution in [3.05, 3.63) is 60.3 Å². The third-order valence-electron chi connectivity index (χ3n) is 3.53. The van der Waals surface area contributed by atoms with Crippen LogP contribution in [0.4, 0.5) is 5.69 Å². The highest BCUT2D eigenvalue weighted by Crippen LogP contribution is 2.28. The molecule has 5 nitrogen and oxygen atoms in total. The van der Waals surface area contributed by atoms with Gasteiger partial charge in [-0.1, -0.05) is 12.1 Å². The normalized spacial score (nSPS) is 14.3. The third-order valence-corrected chi connectivity index (χ3v) is 3.53. The van der Waals surface area contributed by atoms with E-state index >= 15 is 0 Å². The number of hydrogen-bond acceptors (Lipinski definition) is 5. The Morgan fingerprint density at radius 3 is 2.71 bits per heavy atom. The Kier molecular flexibility index (Phi) is 3.39. The van der Waals surface area contributed by atoms with Gasteiger partial charge in [0.05, 0.1) is 12.2 Å². The maximum atomic E-state index is 11.5. The highest BCUT2D eigenvalue weighted by molar-refractivity contribution is 5.95. The topological polar surface area (TPSA) is 49.3 Å². The molecular formula is C16H16N4O. The minimum absolute atomic E-state index is 0.0725. The lowest BCUT2D eigenvalue weighted by Crippen LogP contribution is -2.32. The first-order chi connectivity index (χ1) is 10.1. The molecule has 1 aromatic heterocycles. The number of ketones is 1.